The first-order valence-electron chi connectivity index (χ1n) is 6.19. The van der Waals surface area contributed by atoms with Gasteiger partial charge < -0.3 is 10.1 Å². The van der Waals surface area contributed by atoms with Crippen molar-refractivity contribution in [2.24, 2.45) is 0 Å². The molecule has 0 aliphatic carbocycles. The number of hydrogen-bond acceptors (Lipinski definition) is 2. The van der Waals surface area contributed by atoms with Crippen molar-refractivity contribution in [2.45, 2.75) is 33.2 Å². The van der Waals surface area contributed by atoms with Crippen molar-refractivity contribution in [2.75, 3.05) is 13.7 Å². The number of hydrogen-bond donors (Lipinski definition) is 1. The zero-order chi connectivity index (χ0) is 12.7. The van der Waals surface area contributed by atoms with Crippen molar-refractivity contribution in [3.63, 3.8) is 0 Å². The molecular formula is C15H23NO. The van der Waals surface area contributed by atoms with Crippen LogP contribution in [0.25, 0.3) is 0 Å². The molecule has 1 rings (SSSR count). The first kappa shape index (κ1) is 13.8. The van der Waals surface area contributed by atoms with Crippen LogP contribution in [0.15, 0.2) is 35.9 Å². The van der Waals surface area contributed by atoms with Gasteiger partial charge >= 0.3 is 0 Å². The average Bonchev–Trinajstić information content (AvgIpc) is 2.34. The Hall–Kier alpha value is -1.28. The predicted octanol–water partition coefficient (Wildman–Crippen LogP) is 3.70. The van der Waals surface area contributed by atoms with Crippen molar-refractivity contribution >= 4 is 0 Å². The van der Waals surface area contributed by atoms with Gasteiger partial charge in [-0.25, -0.2) is 0 Å². The summed E-state index contributed by atoms with van der Waals surface area (Å²) in [5.41, 5.74) is 2.61. The van der Waals surface area contributed by atoms with Gasteiger partial charge in [-0.15, -0.1) is 0 Å². The van der Waals surface area contributed by atoms with Crippen LogP contribution in [-0.2, 0) is 0 Å². The van der Waals surface area contributed by atoms with E-state index in [0.717, 1.165) is 18.7 Å². The first-order chi connectivity index (χ1) is 8.17. The summed E-state index contributed by atoms with van der Waals surface area (Å²) < 4.78 is 5.18. The Morgan fingerprint density at radius 2 is 1.94 bits per heavy atom. The molecule has 0 saturated heterocycles. The van der Waals surface area contributed by atoms with Crippen LogP contribution in [0.2, 0.25) is 0 Å². The van der Waals surface area contributed by atoms with Gasteiger partial charge in [0, 0.05) is 0 Å². The van der Waals surface area contributed by atoms with E-state index in [9.17, 15) is 0 Å². The minimum atomic E-state index is 0.297. The third kappa shape index (κ3) is 4.61. The summed E-state index contributed by atoms with van der Waals surface area (Å²) in [5, 5.41) is 3.54. The van der Waals surface area contributed by atoms with E-state index in [2.05, 4.69) is 44.3 Å². The Morgan fingerprint density at radius 3 is 2.41 bits per heavy atom. The lowest BCUT2D eigenvalue weighted by molar-refractivity contribution is 0.414. The van der Waals surface area contributed by atoms with Crippen molar-refractivity contribution in [1.82, 2.24) is 5.32 Å². The van der Waals surface area contributed by atoms with Gasteiger partial charge in [0.15, 0.2) is 0 Å². The van der Waals surface area contributed by atoms with E-state index in [0.29, 0.717) is 6.04 Å². The van der Waals surface area contributed by atoms with Gasteiger partial charge in [0.05, 0.1) is 13.2 Å². The van der Waals surface area contributed by atoms with E-state index in [4.69, 9.17) is 4.74 Å². The highest BCUT2D eigenvalue weighted by atomic mass is 16.5. The first-order valence-corrected chi connectivity index (χ1v) is 6.19. The fourth-order valence-electron chi connectivity index (χ4n) is 1.72. The van der Waals surface area contributed by atoms with Crippen LogP contribution in [0.5, 0.6) is 5.75 Å². The lowest BCUT2D eigenvalue weighted by atomic mass is 10.0. The number of ether oxygens (including phenoxy) is 1. The summed E-state index contributed by atoms with van der Waals surface area (Å²) in [6.45, 7) is 7.47. The van der Waals surface area contributed by atoms with Crippen LogP contribution < -0.4 is 10.1 Å². The average molecular weight is 233 g/mol. The summed E-state index contributed by atoms with van der Waals surface area (Å²) in [6.07, 6.45) is 3.40. The maximum Gasteiger partial charge on any atom is 0.118 e. The van der Waals surface area contributed by atoms with Crippen molar-refractivity contribution in [1.29, 1.82) is 0 Å². The van der Waals surface area contributed by atoms with Crippen LogP contribution in [-0.4, -0.2) is 13.7 Å². The third-order valence-corrected chi connectivity index (χ3v) is 2.59. The number of rotatable bonds is 6. The third-order valence-electron chi connectivity index (χ3n) is 2.59. The van der Waals surface area contributed by atoms with Gasteiger partial charge in [0.25, 0.3) is 0 Å². The highest BCUT2D eigenvalue weighted by Crippen LogP contribution is 2.19. The second-order valence-corrected chi connectivity index (χ2v) is 4.45. The molecule has 1 unspecified atom stereocenters. The summed E-state index contributed by atoms with van der Waals surface area (Å²) in [4.78, 5) is 0. The van der Waals surface area contributed by atoms with Crippen molar-refractivity contribution in [3.05, 3.63) is 41.5 Å². The molecule has 1 N–H and O–H groups in total. The highest BCUT2D eigenvalue weighted by molar-refractivity contribution is 5.31. The monoisotopic (exact) mass is 233 g/mol. The molecule has 0 bridgehead atoms. The standard InChI is InChI=1S/C15H23NO/c1-5-10-16-15(11-12(2)3)13-6-8-14(17-4)9-7-13/h6-9,11,15-16H,5,10H2,1-4H3. The molecule has 1 aromatic rings. The van der Waals surface area contributed by atoms with Gasteiger partial charge in [0.1, 0.15) is 5.75 Å². The van der Waals surface area contributed by atoms with Crippen molar-refractivity contribution < 1.29 is 4.74 Å². The molecule has 0 amide bonds. The van der Waals surface area contributed by atoms with Crippen LogP contribution >= 0.6 is 0 Å². The summed E-state index contributed by atoms with van der Waals surface area (Å²) in [6, 6.07) is 8.55. The SMILES string of the molecule is CCCNC(C=C(C)C)c1ccc(OC)cc1. The molecule has 0 heterocycles. The zero-order valence-electron chi connectivity index (χ0n) is 11.3. The fourth-order valence-corrected chi connectivity index (χ4v) is 1.72. The van der Waals surface area contributed by atoms with E-state index in [1.807, 2.05) is 12.1 Å². The second-order valence-electron chi connectivity index (χ2n) is 4.45. The summed E-state index contributed by atoms with van der Waals surface area (Å²) in [7, 11) is 1.69. The number of methoxy groups -OCH3 is 1. The van der Waals surface area contributed by atoms with E-state index < -0.39 is 0 Å². The minimum Gasteiger partial charge on any atom is -0.497 e. The molecule has 2 nitrogen and oxygen atoms in total. The van der Waals surface area contributed by atoms with Crippen LogP contribution in [0, 0.1) is 0 Å². The fraction of sp³-hybridized carbons (Fsp3) is 0.467. The molecule has 1 aromatic carbocycles. The Labute approximate surface area is 105 Å². The quantitative estimate of drug-likeness (QED) is 0.756. The number of allylic oxidation sites excluding steroid dienone is 1. The molecule has 0 aromatic heterocycles. The molecule has 0 saturated carbocycles. The van der Waals surface area contributed by atoms with Gasteiger partial charge in [-0.1, -0.05) is 30.7 Å². The highest BCUT2D eigenvalue weighted by Gasteiger charge is 2.07. The van der Waals surface area contributed by atoms with Gasteiger partial charge in [-0.3, -0.25) is 0 Å². The Morgan fingerprint density at radius 1 is 1.29 bits per heavy atom. The van der Waals surface area contributed by atoms with Crippen LogP contribution in [0.3, 0.4) is 0 Å². The van der Waals surface area contributed by atoms with Gasteiger partial charge in [-0.05, 0) is 44.5 Å². The molecule has 94 valence electrons. The predicted molar refractivity (Wildman–Crippen MR) is 73.5 cm³/mol. The molecular weight excluding hydrogens is 210 g/mol. The van der Waals surface area contributed by atoms with E-state index in [1.165, 1.54) is 11.1 Å². The molecule has 0 aliphatic rings. The number of nitrogens with one attached hydrogen (secondary N) is 1. The zero-order valence-corrected chi connectivity index (χ0v) is 11.3. The molecule has 0 aliphatic heterocycles. The maximum atomic E-state index is 5.18. The molecule has 0 radical (unpaired) electrons. The van der Waals surface area contributed by atoms with Gasteiger partial charge in [-0.2, -0.15) is 0 Å². The Kier molecular flexibility index (Phi) is 5.78. The van der Waals surface area contributed by atoms with E-state index in [1.54, 1.807) is 7.11 Å². The molecule has 2 heteroatoms. The molecule has 0 spiro atoms. The lowest BCUT2D eigenvalue weighted by Crippen LogP contribution is -2.20. The van der Waals surface area contributed by atoms with Gasteiger partial charge in [0.2, 0.25) is 0 Å². The molecule has 1 atom stereocenters. The second kappa shape index (κ2) is 7.13. The molecule has 0 fully saturated rings. The van der Waals surface area contributed by atoms with Crippen LogP contribution in [0.4, 0.5) is 0 Å². The normalized spacial score (nSPS) is 12.0. The lowest BCUT2D eigenvalue weighted by Gasteiger charge is -2.16. The topological polar surface area (TPSA) is 21.3 Å². The minimum absolute atomic E-state index is 0.297. The maximum absolute atomic E-state index is 5.18. The smallest absolute Gasteiger partial charge is 0.118 e. The Balaban J connectivity index is 2.83. The molecule has 17 heavy (non-hydrogen) atoms. The number of benzene rings is 1. The van der Waals surface area contributed by atoms with Crippen LogP contribution in [0.1, 0.15) is 38.8 Å². The van der Waals surface area contributed by atoms with E-state index >= 15 is 0 Å². The van der Waals surface area contributed by atoms with E-state index in [-0.39, 0.29) is 0 Å². The summed E-state index contributed by atoms with van der Waals surface area (Å²) in [5.74, 6) is 0.903. The Bertz CT molecular complexity index is 350. The largest absolute Gasteiger partial charge is 0.497 e. The summed E-state index contributed by atoms with van der Waals surface area (Å²) >= 11 is 0. The van der Waals surface area contributed by atoms with Crippen molar-refractivity contribution in [3.8, 4) is 5.75 Å².